The van der Waals surface area contributed by atoms with Gasteiger partial charge in [0.25, 0.3) is 5.91 Å². The van der Waals surface area contributed by atoms with E-state index in [1.54, 1.807) is 144 Å². The van der Waals surface area contributed by atoms with Crippen molar-refractivity contribution >= 4 is 82.8 Å². The van der Waals surface area contributed by atoms with Crippen molar-refractivity contribution in [2.45, 2.75) is 273 Å². The number of rotatable bonds is 34. The molecule has 30 heteroatoms. The smallest absolute Gasteiger partial charge is 0.329 e. The molecule has 15 N–H and O–H groups in total. The molecular weight excluding hydrogens is 1400 g/mol. The predicted octanol–water partition coefficient (Wildman–Crippen LogP) is 2.42. The Hall–Kier alpha value is -9.32. The quantitative estimate of drug-likeness (QED) is 0.0353. The molecule has 2 aliphatic rings. The first-order valence-corrected chi connectivity index (χ1v) is 38.7. The minimum atomic E-state index is -1.83. The van der Waals surface area contributed by atoms with Gasteiger partial charge < -0.3 is 84.3 Å². The normalized spacial score (nSPS) is 22.1. The molecule has 0 radical (unpaired) electrons. The van der Waals surface area contributed by atoms with Crippen molar-refractivity contribution < 1.29 is 77.0 Å². The van der Waals surface area contributed by atoms with Crippen molar-refractivity contribution in [3.63, 3.8) is 0 Å². The number of cyclic esters (lactones) is 1. The average Bonchev–Trinajstić information content (AvgIpc) is 1.81. The Morgan fingerprint density at radius 1 is 0.596 bits per heavy atom. The Labute approximate surface area is 642 Å². The number of carbonyl (C=O) groups excluding carboxylic acids is 14. The van der Waals surface area contributed by atoms with E-state index in [4.69, 9.17) is 10.5 Å². The molecule has 0 spiro atoms. The van der Waals surface area contributed by atoms with Gasteiger partial charge >= 0.3 is 5.97 Å². The third-order valence-electron chi connectivity index (χ3n) is 19.9. The van der Waals surface area contributed by atoms with E-state index in [1.807, 2.05) is 13.8 Å². The molecule has 2 aliphatic heterocycles. The highest BCUT2D eigenvalue weighted by molar-refractivity contribution is 6.03. The number of amides is 13. The number of ether oxygens (including phenoxy) is 1. The van der Waals surface area contributed by atoms with Gasteiger partial charge in [0, 0.05) is 25.8 Å². The van der Waals surface area contributed by atoms with E-state index in [0.717, 1.165) is 12.0 Å². The molecule has 2 saturated heterocycles. The number of benzene rings is 2. The van der Waals surface area contributed by atoms with Gasteiger partial charge in [0.05, 0.1) is 6.10 Å². The van der Waals surface area contributed by atoms with Gasteiger partial charge in [-0.15, -0.1) is 0 Å². The summed E-state index contributed by atoms with van der Waals surface area (Å²) >= 11 is 0. The first-order chi connectivity index (χ1) is 51.4. The molecule has 4 rings (SSSR count). The lowest BCUT2D eigenvalue weighted by Gasteiger charge is -2.33. The molecule has 0 aliphatic carbocycles. The van der Waals surface area contributed by atoms with Gasteiger partial charge in [-0.25, -0.2) is 4.79 Å². The van der Waals surface area contributed by atoms with E-state index in [1.165, 1.54) is 31.7 Å². The fraction of sp³-hybridized carbons (Fsp3) is 0.646. The number of esters is 1. The lowest BCUT2D eigenvalue weighted by Crippen LogP contribution is -2.64. The van der Waals surface area contributed by atoms with Crippen LogP contribution in [0.1, 0.15) is 187 Å². The summed E-state index contributed by atoms with van der Waals surface area (Å²) in [4.78, 5) is 203. The molecule has 109 heavy (non-hydrogen) atoms. The maximum Gasteiger partial charge on any atom is 0.329 e. The number of carbonyl (C=O) groups is 14. The maximum atomic E-state index is 15.1. The summed E-state index contributed by atoms with van der Waals surface area (Å²) < 4.78 is 5.97. The van der Waals surface area contributed by atoms with Gasteiger partial charge in [0.2, 0.25) is 70.9 Å². The van der Waals surface area contributed by atoms with Gasteiger partial charge in [0.1, 0.15) is 84.3 Å². The Kier molecular flexibility index (Phi) is 38.0. The summed E-state index contributed by atoms with van der Waals surface area (Å²) in [5.41, 5.74) is 7.07. The largest absolute Gasteiger partial charge is 0.458 e. The lowest BCUT2D eigenvalue weighted by atomic mass is 9.95. The Bertz CT molecular complexity index is 3440. The van der Waals surface area contributed by atoms with Gasteiger partial charge in [-0.2, -0.15) is 0 Å². The SMILES string of the molecule is C/C=C1\NC(=O)[C@H](Cc2ccccc2)NC(=O)[C@@H](C(C)C)NC(=O)[C@@H]([C@@H](C)CC)NC(=O)[C@H](NC(=O)[C@H](NC(=O)[C@H](CCCN)NC(=O)[C@H]2CCCN2C(=O)[C@H](NC(=O)[C@@H](NC(=O)[C@@H](NC(=O)[C@@H](Cc2ccccc2)NC(=O)CCCC(C)C)[C@@H](C)O)C(C)C)C(C)C)[C@@H](C)CC)[C@@H](C)OC(=O)[C@H](C(C)C)NC1=O. The van der Waals surface area contributed by atoms with Gasteiger partial charge in [0.15, 0.2) is 0 Å². The number of hydrogen-bond acceptors (Lipinski definition) is 17. The maximum absolute atomic E-state index is 15.1. The monoisotopic (exact) mass is 1520 g/mol. The summed E-state index contributed by atoms with van der Waals surface area (Å²) in [5.74, 6) is -14.9. The van der Waals surface area contributed by atoms with Gasteiger partial charge in [-0.05, 0) is 112 Å². The van der Waals surface area contributed by atoms with Crippen LogP contribution in [-0.2, 0) is 84.7 Å². The molecule has 0 unspecified atom stereocenters. The second kappa shape index (κ2) is 45.0. The van der Waals surface area contributed by atoms with E-state index in [9.17, 15) is 62.6 Å². The van der Waals surface area contributed by atoms with Crippen LogP contribution in [0.5, 0.6) is 0 Å². The first kappa shape index (κ1) is 92.1. The van der Waals surface area contributed by atoms with E-state index in [-0.39, 0.29) is 69.6 Å². The highest BCUT2D eigenvalue weighted by Gasteiger charge is 2.44. The number of nitrogens with zero attached hydrogens (tertiary/aromatic N) is 1. The Balaban J connectivity index is 1.63. The van der Waals surface area contributed by atoms with Crippen LogP contribution in [0, 0.1) is 41.4 Å². The molecule has 0 bridgehead atoms. The predicted molar refractivity (Wildman–Crippen MR) is 411 cm³/mol. The van der Waals surface area contributed by atoms with Crippen LogP contribution in [0.3, 0.4) is 0 Å². The molecule has 2 aromatic rings. The van der Waals surface area contributed by atoms with Gasteiger partial charge in [-0.3, -0.25) is 62.3 Å². The standard InChI is InChI=1S/C79H124N14O16/c1-18-47(14)63(75(104)92-66-50(17)109-79(108)62(46(12)13)88-67(96)53(20-3)82-69(98)56(41-52-33-25-22-26-34-52)84-72(101)59(43(6)7)85-74(103)64(48(15)19-2)90-77(66)106)89-68(97)54(35-28-38-80)83-71(100)57-36-29-39-93(57)78(107)61(45(10)11)87-73(102)60(44(8)9)86-76(105)65(49(16)94)91-70(99)55(40-51-31-23-21-24-32-51)81-58(95)37-27-30-42(4)5/h20-26,31-34,42-50,54-57,59-66,94H,18-19,27-30,35-41,80H2,1-17H3,(H,81,95)(H,82,98)(H,83,100)(H,84,101)(H,85,103)(H,86,105)(H,87,102)(H,88,96)(H,89,97)(H,90,106)(H,91,99)(H,92,104)/b53-20-/t47-,48-,49+,50+,54-,55+,56-,57+,59+,60-,61+,62-,63+,64+,65-,66+/m0/s1. The van der Waals surface area contributed by atoms with Crippen LogP contribution in [-0.4, -0.2) is 191 Å². The average molecular weight is 1530 g/mol. The summed E-state index contributed by atoms with van der Waals surface area (Å²) in [5, 5.41) is 43.5. The number of allylic oxidation sites excluding steroid dienone is 1. The molecule has 0 aromatic heterocycles. The molecule has 13 amide bonds. The number of aliphatic hydroxyl groups excluding tert-OH is 1. The zero-order chi connectivity index (χ0) is 81.7. The highest BCUT2D eigenvalue weighted by Crippen LogP contribution is 2.23. The zero-order valence-corrected chi connectivity index (χ0v) is 66.8. The minimum absolute atomic E-state index is 0.0369. The summed E-state index contributed by atoms with van der Waals surface area (Å²) in [6, 6.07) is 1.09. The van der Waals surface area contributed by atoms with Crippen LogP contribution in [0.2, 0.25) is 0 Å². The number of aliphatic hydroxyl groups is 1. The van der Waals surface area contributed by atoms with Crippen molar-refractivity contribution in [3.8, 4) is 0 Å². The van der Waals surface area contributed by atoms with Crippen molar-refractivity contribution in [2.24, 2.45) is 47.2 Å². The van der Waals surface area contributed by atoms with Crippen LogP contribution < -0.4 is 69.5 Å². The topological polar surface area (TPSA) is 442 Å². The molecule has 2 heterocycles. The van der Waals surface area contributed by atoms with Crippen LogP contribution in [0.4, 0.5) is 0 Å². The van der Waals surface area contributed by atoms with E-state index >= 15 is 9.59 Å². The highest BCUT2D eigenvalue weighted by atomic mass is 16.5. The fourth-order valence-electron chi connectivity index (χ4n) is 12.7. The summed E-state index contributed by atoms with van der Waals surface area (Å²) in [6.45, 7) is 28.3. The first-order valence-electron chi connectivity index (χ1n) is 38.7. The number of likely N-dealkylation sites (tertiary alicyclic amines) is 1. The Morgan fingerprint density at radius 2 is 1.15 bits per heavy atom. The summed E-state index contributed by atoms with van der Waals surface area (Å²) in [7, 11) is 0. The molecule has 606 valence electrons. The molecule has 2 fully saturated rings. The van der Waals surface area contributed by atoms with Crippen molar-refractivity contribution in [1.29, 1.82) is 0 Å². The van der Waals surface area contributed by atoms with E-state index in [2.05, 4.69) is 63.8 Å². The number of hydrogen-bond donors (Lipinski definition) is 14. The van der Waals surface area contributed by atoms with E-state index in [0.29, 0.717) is 30.7 Å². The Morgan fingerprint density at radius 3 is 1.70 bits per heavy atom. The second-order valence-corrected chi connectivity index (χ2v) is 30.7. The van der Waals surface area contributed by atoms with Crippen molar-refractivity contribution in [1.82, 2.24) is 68.7 Å². The van der Waals surface area contributed by atoms with Crippen LogP contribution in [0.15, 0.2) is 72.4 Å². The minimum Gasteiger partial charge on any atom is -0.458 e. The second-order valence-electron chi connectivity index (χ2n) is 30.7. The third kappa shape index (κ3) is 28.3. The third-order valence-corrected chi connectivity index (χ3v) is 19.9. The molecular formula is C79H124N14O16. The molecule has 30 nitrogen and oxygen atoms in total. The summed E-state index contributed by atoms with van der Waals surface area (Å²) in [6.07, 6.45) is 0.972. The lowest BCUT2D eigenvalue weighted by molar-refractivity contribution is -0.157. The molecule has 16 atom stereocenters. The number of nitrogens with one attached hydrogen (secondary N) is 12. The zero-order valence-electron chi connectivity index (χ0n) is 66.8. The van der Waals surface area contributed by atoms with Crippen LogP contribution >= 0.6 is 0 Å². The molecule has 2 aromatic carbocycles. The van der Waals surface area contributed by atoms with Crippen molar-refractivity contribution in [3.05, 3.63) is 83.6 Å². The number of nitrogens with two attached hydrogens (primary N) is 1. The van der Waals surface area contributed by atoms with Gasteiger partial charge in [-0.1, -0.05) is 183 Å². The molecule has 0 saturated carbocycles. The fourth-order valence-corrected chi connectivity index (χ4v) is 12.7. The van der Waals surface area contributed by atoms with E-state index < -0.39 is 197 Å². The van der Waals surface area contributed by atoms with Crippen LogP contribution in [0.25, 0.3) is 0 Å². The van der Waals surface area contributed by atoms with Crippen molar-refractivity contribution in [2.75, 3.05) is 13.1 Å².